The fourth-order valence-electron chi connectivity index (χ4n) is 4.26. The van der Waals surface area contributed by atoms with Crippen molar-refractivity contribution in [2.45, 2.75) is 45.1 Å². The summed E-state index contributed by atoms with van der Waals surface area (Å²) in [5, 5.41) is 0. The summed E-state index contributed by atoms with van der Waals surface area (Å²) < 4.78 is 28.8. The van der Waals surface area contributed by atoms with E-state index in [9.17, 15) is 8.42 Å². The minimum atomic E-state index is -3.22. The summed E-state index contributed by atoms with van der Waals surface area (Å²) >= 11 is 0. The summed E-state index contributed by atoms with van der Waals surface area (Å²) in [5.74, 6) is 0. The van der Waals surface area contributed by atoms with Gasteiger partial charge in [0.1, 0.15) is 0 Å². The van der Waals surface area contributed by atoms with Gasteiger partial charge in [-0.25, -0.2) is 0 Å². The fourth-order valence-corrected chi connectivity index (χ4v) is 5.98. The molecular formula is C16H32N4O2S. The number of nitrogens with zero attached hydrogens (tertiary/aromatic N) is 4. The quantitative estimate of drug-likeness (QED) is 0.741. The van der Waals surface area contributed by atoms with Gasteiger partial charge in [0.2, 0.25) is 0 Å². The highest BCUT2D eigenvalue weighted by Gasteiger charge is 2.33. The molecule has 3 aliphatic rings. The predicted octanol–water partition coefficient (Wildman–Crippen LogP) is 0.819. The second-order valence-electron chi connectivity index (χ2n) is 7.09. The van der Waals surface area contributed by atoms with Crippen LogP contribution < -0.4 is 0 Å². The van der Waals surface area contributed by atoms with Crippen LogP contribution in [0.5, 0.6) is 0 Å². The molecule has 0 spiro atoms. The normalized spacial score (nSPS) is 30.0. The molecule has 7 heteroatoms. The first-order valence-corrected chi connectivity index (χ1v) is 10.7. The Balaban J connectivity index is 1.54. The van der Waals surface area contributed by atoms with Crippen LogP contribution >= 0.6 is 0 Å². The van der Waals surface area contributed by atoms with Crippen molar-refractivity contribution in [3.8, 4) is 0 Å². The highest BCUT2D eigenvalue weighted by molar-refractivity contribution is 7.86. The maximum Gasteiger partial charge on any atom is 0.282 e. The lowest BCUT2D eigenvalue weighted by Crippen LogP contribution is -2.45. The van der Waals surface area contributed by atoms with Gasteiger partial charge in [0.25, 0.3) is 10.2 Å². The molecular weight excluding hydrogens is 312 g/mol. The van der Waals surface area contributed by atoms with E-state index in [0.717, 1.165) is 45.4 Å². The van der Waals surface area contributed by atoms with Crippen molar-refractivity contribution in [1.29, 1.82) is 0 Å². The maximum absolute atomic E-state index is 12.7. The SMILES string of the molecule is CCN1CCCC1CN1CCCN(S(=O)(=O)N2CCCC2)CC1. The average Bonchev–Trinajstić information content (AvgIpc) is 3.16. The molecule has 0 bridgehead atoms. The first-order chi connectivity index (χ1) is 11.1. The molecule has 134 valence electrons. The van der Waals surface area contributed by atoms with Crippen molar-refractivity contribution in [3.63, 3.8) is 0 Å². The molecule has 1 unspecified atom stereocenters. The summed E-state index contributed by atoms with van der Waals surface area (Å²) in [5.41, 5.74) is 0. The number of likely N-dealkylation sites (tertiary alicyclic amines) is 1. The molecule has 1 atom stereocenters. The van der Waals surface area contributed by atoms with E-state index in [2.05, 4.69) is 16.7 Å². The van der Waals surface area contributed by atoms with E-state index >= 15 is 0 Å². The third kappa shape index (κ3) is 4.07. The maximum atomic E-state index is 12.7. The summed E-state index contributed by atoms with van der Waals surface area (Å²) in [6, 6.07) is 0.668. The molecule has 0 amide bonds. The topological polar surface area (TPSA) is 47.1 Å². The zero-order chi connectivity index (χ0) is 16.3. The van der Waals surface area contributed by atoms with E-state index in [0.29, 0.717) is 32.2 Å². The van der Waals surface area contributed by atoms with Crippen LogP contribution in [-0.4, -0.2) is 91.8 Å². The molecule has 3 rings (SSSR count). The molecule has 3 fully saturated rings. The first-order valence-electron chi connectivity index (χ1n) is 9.33. The van der Waals surface area contributed by atoms with Gasteiger partial charge in [0.05, 0.1) is 0 Å². The van der Waals surface area contributed by atoms with Crippen LogP contribution in [0.1, 0.15) is 39.0 Å². The molecule has 0 aliphatic carbocycles. The summed E-state index contributed by atoms with van der Waals surface area (Å²) in [6.45, 7) is 10.3. The molecule has 23 heavy (non-hydrogen) atoms. The van der Waals surface area contributed by atoms with Crippen molar-refractivity contribution < 1.29 is 8.42 Å². The summed E-state index contributed by atoms with van der Waals surface area (Å²) in [7, 11) is -3.22. The summed E-state index contributed by atoms with van der Waals surface area (Å²) in [6.07, 6.45) is 5.56. The molecule has 3 aliphatic heterocycles. The Morgan fingerprint density at radius 2 is 1.52 bits per heavy atom. The van der Waals surface area contributed by atoms with Gasteiger partial charge in [-0.15, -0.1) is 0 Å². The zero-order valence-corrected chi connectivity index (χ0v) is 15.3. The van der Waals surface area contributed by atoms with Crippen LogP contribution in [0.2, 0.25) is 0 Å². The van der Waals surface area contributed by atoms with Crippen molar-refractivity contribution in [3.05, 3.63) is 0 Å². The molecule has 0 N–H and O–H groups in total. The van der Waals surface area contributed by atoms with Gasteiger partial charge >= 0.3 is 0 Å². The Kier molecular flexibility index (Phi) is 5.96. The molecule has 6 nitrogen and oxygen atoms in total. The highest BCUT2D eigenvalue weighted by Crippen LogP contribution is 2.20. The number of rotatable bonds is 5. The van der Waals surface area contributed by atoms with Crippen molar-refractivity contribution in [2.24, 2.45) is 0 Å². The van der Waals surface area contributed by atoms with Gasteiger partial charge in [-0.2, -0.15) is 17.0 Å². The standard InChI is InChI=1S/C16H32N4O2S/c1-2-18-9-5-7-16(18)15-17-8-6-12-20(14-13-17)23(21,22)19-10-3-4-11-19/h16H,2-15H2,1H3. The minimum Gasteiger partial charge on any atom is -0.300 e. The molecule has 3 saturated heterocycles. The van der Waals surface area contributed by atoms with Crippen LogP contribution in [-0.2, 0) is 10.2 Å². The van der Waals surface area contributed by atoms with E-state index in [-0.39, 0.29) is 0 Å². The number of hydrogen-bond donors (Lipinski definition) is 0. The van der Waals surface area contributed by atoms with E-state index in [4.69, 9.17) is 0 Å². The monoisotopic (exact) mass is 344 g/mol. The zero-order valence-electron chi connectivity index (χ0n) is 14.5. The van der Waals surface area contributed by atoms with Crippen molar-refractivity contribution in [1.82, 2.24) is 18.4 Å². The Hall–Kier alpha value is -0.210. The Morgan fingerprint density at radius 3 is 2.26 bits per heavy atom. The van der Waals surface area contributed by atoms with E-state index in [1.807, 2.05) is 0 Å². The van der Waals surface area contributed by atoms with Crippen LogP contribution in [0.15, 0.2) is 0 Å². The van der Waals surface area contributed by atoms with Gasteiger partial charge in [-0.3, -0.25) is 4.90 Å². The molecule has 0 aromatic carbocycles. The first kappa shape index (κ1) is 17.6. The second-order valence-corrected chi connectivity index (χ2v) is 9.02. The fraction of sp³-hybridized carbons (Fsp3) is 1.00. The smallest absolute Gasteiger partial charge is 0.282 e. The summed E-state index contributed by atoms with van der Waals surface area (Å²) in [4.78, 5) is 5.06. The highest BCUT2D eigenvalue weighted by atomic mass is 32.2. The van der Waals surface area contributed by atoms with Crippen LogP contribution in [0.3, 0.4) is 0 Å². The predicted molar refractivity (Wildman–Crippen MR) is 92.6 cm³/mol. The second kappa shape index (κ2) is 7.78. The lowest BCUT2D eigenvalue weighted by Gasteiger charge is -2.29. The molecule has 3 heterocycles. The Morgan fingerprint density at radius 1 is 0.826 bits per heavy atom. The minimum absolute atomic E-state index is 0.650. The third-order valence-corrected chi connectivity index (χ3v) is 7.67. The molecule has 0 radical (unpaired) electrons. The molecule has 0 aromatic rings. The van der Waals surface area contributed by atoms with Crippen LogP contribution in [0.4, 0.5) is 0 Å². The van der Waals surface area contributed by atoms with Gasteiger partial charge in [-0.05, 0) is 51.7 Å². The molecule has 0 saturated carbocycles. The lowest BCUT2D eigenvalue weighted by atomic mass is 10.2. The third-order valence-electron chi connectivity index (χ3n) is 5.64. The van der Waals surface area contributed by atoms with Crippen LogP contribution in [0, 0.1) is 0 Å². The number of likely N-dealkylation sites (N-methyl/N-ethyl adjacent to an activating group) is 1. The average molecular weight is 345 g/mol. The van der Waals surface area contributed by atoms with Crippen molar-refractivity contribution >= 4 is 10.2 Å². The van der Waals surface area contributed by atoms with Gasteiger partial charge in [0, 0.05) is 45.3 Å². The van der Waals surface area contributed by atoms with Gasteiger partial charge in [0.15, 0.2) is 0 Å². The Bertz CT molecular complexity index is 478. The van der Waals surface area contributed by atoms with E-state index < -0.39 is 10.2 Å². The number of hydrogen-bond acceptors (Lipinski definition) is 4. The van der Waals surface area contributed by atoms with Crippen LogP contribution in [0.25, 0.3) is 0 Å². The largest absolute Gasteiger partial charge is 0.300 e. The van der Waals surface area contributed by atoms with Crippen molar-refractivity contribution in [2.75, 3.05) is 58.9 Å². The molecule has 0 aromatic heterocycles. The van der Waals surface area contributed by atoms with E-state index in [1.165, 1.54) is 19.4 Å². The van der Waals surface area contributed by atoms with Gasteiger partial charge in [-0.1, -0.05) is 6.92 Å². The Labute approximate surface area is 141 Å². The van der Waals surface area contributed by atoms with Gasteiger partial charge < -0.3 is 4.90 Å². The van der Waals surface area contributed by atoms with E-state index in [1.54, 1.807) is 8.61 Å². The lowest BCUT2D eigenvalue weighted by molar-refractivity contribution is 0.181.